The van der Waals surface area contributed by atoms with E-state index in [-0.39, 0.29) is 5.56 Å². The van der Waals surface area contributed by atoms with Gasteiger partial charge < -0.3 is 4.90 Å². The number of rotatable bonds is 3. The van der Waals surface area contributed by atoms with Gasteiger partial charge in [0.25, 0.3) is 0 Å². The van der Waals surface area contributed by atoms with E-state index in [0.717, 1.165) is 18.2 Å². The molecule has 0 unspecified atom stereocenters. The molecule has 18 heavy (non-hydrogen) atoms. The van der Waals surface area contributed by atoms with Gasteiger partial charge >= 0.3 is 0 Å². The van der Waals surface area contributed by atoms with Gasteiger partial charge in [0.15, 0.2) is 0 Å². The highest BCUT2D eigenvalue weighted by atomic mass is 19.1. The van der Waals surface area contributed by atoms with Crippen LogP contribution in [0.2, 0.25) is 0 Å². The molecule has 96 valence electrons. The molecule has 0 N–H and O–H groups in total. The first kappa shape index (κ1) is 12.9. The lowest BCUT2D eigenvalue weighted by Gasteiger charge is -2.28. The van der Waals surface area contributed by atoms with Crippen molar-refractivity contribution in [1.29, 1.82) is 5.26 Å². The largest absolute Gasteiger partial charge is 0.374 e. The number of benzene rings is 1. The summed E-state index contributed by atoms with van der Waals surface area (Å²) in [6, 6.07) is 6.69. The van der Waals surface area contributed by atoms with Crippen LogP contribution < -0.4 is 4.90 Å². The van der Waals surface area contributed by atoms with Crippen molar-refractivity contribution >= 4 is 5.69 Å². The van der Waals surface area contributed by atoms with Crippen LogP contribution in [0.5, 0.6) is 0 Å². The highest BCUT2D eigenvalue weighted by molar-refractivity contribution is 5.49. The molecule has 2 nitrogen and oxygen atoms in total. The van der Waals surface area contributed by atoms with Gasteiger partial charge in [-0.15, -0.1) is 0 Å². The lowest BCUT2D eigenvalue weighted by atomic mass is 9.89. The zero-order chi connectivity index (χ0) is 13.0. The van der Waals surface area contributed by atoms with E-state index in [0.29, 0.717) is 0 Å². The van der Waals surface area contributed by atoms with Crippen LogP contribution in [0.3, 0.4) is 0 Å². The van der Waals surface area contributed by atoms with Gasteiger partial charge in [0.05, 0.1) is 5.56 Å². The minimum Gasteiger partial charge on any atom is -0.374 e. The summed E-state index contributed by atoms with van der Waals surface area (Å²) in [5, 5.41) is 8.71. The molecule has 1 aliphatic rings. The molecule has 0 aromatic heterocycles. The van der Waals surface area contributed by atoms with Crippen molar-refractivity contribution in [3.63, 3.8) is 0 Å². The standard InChI is InChI=1S/C15H19FN2/c1-18(11-12-5-3-2-4-6-12)14-8-7-13(10-17)15(16)9-14/h7-9,12H,2-6,11H2,1H3. The molecule has 1 aliphatic carbocycles. The van der Waals surface area contributed by atoms with Crippen molar-refractivity contribution in [2.45, 2.75) is 32.1 Å². The molecule has 1 fully saturated rings. The fourth-order valence-electron chi connectivity index (χ4n) is 2.69. The Morgan fingerprint density at radius 2 is 2.06 bits per heavy atom. The van der Waals surface area contributed by atoms with Crippen LogP contribution in [0.1, 0.15) is 37.7 Å². The van der Waals surface area contributed by atoms with E-state index in [1.54, 1.807) is 6.07 Å². The van der Waals surface area contributed by atoms with Gasteiger partial charge in [-0.2, -0.15) is 5.26 Å². The molecule has 0 spiro atoms. The highest BCUT2D eigenvalue weighted by Gasteiger charge is 2.16. The van der Waals surface area contributed by atoms with Gasteiger partial charge in [-0.1, -0.05) is 19.3 Å². The first-order chi connectivity index (χ1) is 8.70. The average Bonchev–Trinajstić information content (AvgIpc) is 2.39. The van der Waals surface area contributed by atoms with E-state index >= 15 is 0 Å². The quantitative estimate of drug-likeness (QED) is 0.812. The summed E-state index contributed by atoms with van der Waals surface area (Å²) in [6.07, 6.45) is 6.55. The lowest BCUT2D eigenvalue weighted by molar-refractivity contribution is 0.362. The van der Waals surface area contributed by atoms with Crippen LogP contribution in [0.4, 0.5) is 10.1 Å². The summed E-state index contributed by atoms with van der Waals surface area (Å²) >= 11 is 0. The van der Waals surface area contributed by atoms with Crippen LogP contribution in [0, 0.1) is 23.1 Å². The van der Waals surface area contributed by atoms with Crippen molar-refractivity contribution in [1.82, 2.24) is 0 Å². The summed E-state index contributed by atoms with van der Waals surface area (Å²) in [4.78, 5) is 2.10. The smallest absolute Gasteiger partial charge is 0.143 e. The van der Waals surface area contributed by atoms with Crippen LogP contribution in [-0.2, 0) is 0 Å². The molecule has 0 saturated heterocycles. The molecule has 1 saturated carbocycles. The third kappa shape index (κ3) is 3.01. The second-order valence-corrected chi connectivity index (χ2v) is 5.16. The third-order valence-electron chi connectivity index (χ3n) is 3.77. The number of hydrogen-bond acceptors (Lipinski definition) is 2. The first-order valence-electron chi connectivity index (χ1n) is 6.61. The van der Waals surface area contributed by atoms with Crippen molar-refractivity contribution in [2.75, 3.05) is 18.5 Å². The second kappa shape index (κ2) is 5.86. The topological polar surface area (TPSA) is 27.0 Å². The number of nitriles is 1. The van der Waals surface area contributed by atoms with Gasteiger partial charge in [-0.3, -0.25) is 0 Å². The van der Waals surface area contributed by atoms with Crippen LogP contribution in [0.25, 0.3) is 0 Å². The predicted molar refractivity (Wildman–Crippen MR) is 71.0 cm³/mol. The van der Waals surface area contributed by atoms with Crippen LogP contribution in [0.15, 0.2) is 18.2 Å². The Kier molecular flexibility index (Phi) is 4.19. The summed E-state index contributed by atoms with van der Waals surface area (Å²) in [7, 11) is 2.00. The normalized spacial score (nSPS) is 16.3. The van der Waals surface area contributed by atoms with E-state index < -0.39 is 5.82 Å². The monoisotopic (exact) mass is 246 g/mol. The van der Waals surface area contributed by atoms with Crippen molar-refractivity contribution in [2.24, 2.45) is 5.92 Å². The zero-order valence-electron chi connectivity index (χ0n) is 10.8. The van der Waals surface area contributed by atoms with E-state index in [1.807, 2.05) is 19.2 Å². The maximum atomic E-state index is 13.5. The van der Waals surface area contributed by atoms with Gasteiger partial charge in [0.1, 0.15) is 11.9 Å². The predicted octanol–water partition coefficient (Wildman–Crippen LogP) is 3.71. The van der Waals surface area contributed by atoms with Gasteiger partial charge in [0, 0.05) is 19.3 Å². The highest BCUT2D eigenvalue weighted by Crippen LogP contribution is 2.26. The van der Waals surface area contributed by atoms with E-state index in [2.05, 4.69) is 4.90 Å². The average molecular weight is 246 g/mol. The molecule has 0 atom stereocenters. The third-order valence-corrected chi connectivity index (χ3v) is 3.77. The molecule has 0 radical (unpaired) electrons. The van der Waals surface area contributed by atoms with Crippen LogP contribution >= 0.6 is 0 Å². The molecule has 0 aliphatic heterocycles. The zero-order valence-corrected chi connectivity index (χ0v) is 10.8. The molecule has 0 heterocycles. The van der Waals surface area contributed by atoms with Crippen molar-refractivity contribution in [3.05, 3.63) is 29.6 Å². The van der Waals surface area contributed by atoms with Crippen molar-refractivity contribution in [3.8, 4) is 6.07 Å². The molecule has 0 bridgehead atoms. The summed E-state index contributed by atoms with van der Waals surface area (Å²) in [5.41, 5.74) is 0.974. The second-order valence-electron chi connectivity index (χ2n) is 5.16. The molecular weight excluding hydrogens is 227 g/mol. The summed E-state index contributed by atoms with van der Waals surface area (Å²) in [5.74, 6) is 0.299. The number of halogens is 1. The van der Waals surface area contributed by atoms with Gasteiger partial charge in [-0.05, 0) is 37.0 Å². The number of nitrogens with zero attached hydrogens (tertiary/aromatic N) is 2. The van der Waals surface area contributed by atoms with E-state index in [9.17, 15) is 4.39 Å². The molecular formula is C15H19FN2. The van der Waals surface area contributed by atoms with Gasteiger partial charge in [0.2, 0.25) is 0 Å². The Bertz CT molecular complexity index is 444. The Balaban J connectivity index is 2.02. The Morgan fingerprint density at radius 1 is 1.33 bits per heavy atom. The lowest BCUT2D eigenvalue weighted by Crippen LogP contribution is -2.26. The first-order valence-corrected chi connectivity index (χ1v) is 6.61. The fourth-order valence-corrected chi connectivity index (χ4v) is 2.69. The molecule has 2 rings (SSSR count). The minimum absolute atomic E-state index is 0.116. The number of anilines is 1. The minimum atomic E-state index is -0.425. The van der Waals surface area contributed by atoms with E-state index in [4.69, 9.17) is 5.26 Å². The Labute approximate surface area is 108 Å². The van der Waals surface area contributed by atoms with E-state index in [1.165, 1.54) is 38.2 Å². The maximum absolute atomic E-state index is 13.5. The number of hydrogen-bond donors (Lipinski definition) is 0. The summed E-state index contributed by atoms with van der Waals surface area (Å²) < 4.78 is 13.5. The van der Waals surface area contributed by atoms with Crippen molar-refractivity contribution < 1.29 is 4.39 Å². The molecule has 0 amide bonds. The summed E-state index contributed by atoms with van der Waals surface area (Å²) in [6.45, 7) is 0.978. The SMILES string of the molecule is CN(CC1CCCCC1)c1ccc(C#N)c(F)c1. The van der Waals surface area contributed by atoms with Gasteiger partial charge in [-0.25, -0.2) is 4.39 Å². The molecule has 1 aromatic carbocycles. The van der Waals surface area contributed by atoms with Crippen LogP contribution in [-0.4, -0.2) is 13.6 Å². The maximum Gasteiger partial charge on any atom is 0.143 e. The molecule has 1 aromatic rings. The fraction of sp³-hybridized carbons (Fsp3) is 0.533. The Morgan fingerprint density at radius 3 is 2.67 bits per heavy atom. The molecule has 3 heteroatoms. The Hall–Kier alpha value is -1.56.